The summed E-state index contributed by atoms with van der Waals surface area (Å²) in [4.78, 5) is 13.8. The Balaban J connectivity index is 2.79. The van der Waals surface area contributed by atoms with Gasteiger partial charge in [0, 0.05) is 18.7 Å². The molecule has 3 nitrogen and oxygen atoms in total. The standard InChI is InChI=1S/C12H20N2OS/c1-12(2,3)8-9(11(16)10(8)15)13-6-7-14(4)5/h13H,6-7H2,1-5H3. The highest BCUT2D eigenvalue weighted by atomic mass is 32.1. The lowest BCUT2D eigenvalue weighted by Gasteiger charge is -2.25. The van der Waals surface area contributed by atoms with Crippen LogP contribution in [-0.4, -0.2) is 32.1 Å². The summed E-state index contributed by atoms with van der Waals surface area (Å²) in [5, 5.41) is 3.26. The average molecular weight is 240 g/mol. The molecule has 0 bridgehead atoms. The maximum Gasteiger partial charge on any atom is 0.204 e. The average Bonchev–Trinajstić information content (AvgIpc) is 2.13. The number of hydrogen-bond acceptors (Lipinski definition) is 4. The van der Waals surface area contributed by atoms with Crippen LogP contribution in [0.15, 0.2) is 4.79 Å². The van der Waals surface area contributed by atoms with Gasteiger partial charge in [-0.25, -0.2) is 0 Å². The fourth-order valence-electron chi connectivity index (χ4n) is 1.68. The Bertz CT molecular complexity index is 436. The first-order valence-electron chi connectivity index (χ1n) is 5.47. The highest BCUT2D eigenvalue weighted by molar-refractivity contribution is 7.71. The molecule has 0 spiro atoms. The first-order chi connectivity index (χ1) is 7.25. The lowest BCUT2D eigenvalue weighted by atomic mass is 9.83. The van der Waals surface area contributed by atoms with Gasteiger partial charge in [0.1, 0.15) is 4.51 Å². The second-order valence-corrected chi connectivity index (χ2v) is 5.80. The fourth-order valence-corrected chi connectivity index (χ4v) is 1.96. The monoisotopic (exact) mass is 240 g/mol. The minimum Gasteiger partial charge on any atom is -0.382 e. The summed E-state index contributed by atoms with van der Waals surface area (Å²) >= 11 is 5.07. The molecule has 0 amide bonds. The maximum atomic E-state index is 11.7. The smallest absolute Gasteiger partial charge is 0.204 e. The van der Waals surface area contributed by atoms with Gasteiger partial charge in [0.25, 0.3) is 0 Å². The summed E-state index contributed by atoms with van der Waals surface area (Å²) in [5.74, 6) is 0. The molecule has 0 saturated carbocycles. The van der Waals surface area contributed by atoms with Crippen molar-refractivity contribution >= 4 is 17.9 Å². The first-order valence-corrected chi connectivity index (χ1v) is 5.88. The van der Waals surface area contributed by atoms with E-state index in [1.807, 2.05) is 34.9 Å². The summed E-state index contributed by atoms with van der Waals surface area (Å²) in [6.45, 7) is 7.86. The predicted octanol–water partition coefficient (Wildman–Crippen LogP) is 1.92. The highest BCUT2D eigenvalue weighted by Crippen LogP contribution is 2.29. The molecule has 1 aromatic carbocycles. The molecule has 0 atom stereocenters. The van der Waals surface area contributed by atoms with Crippen LogP contribution in [0, 0.1) is 4.51 Å². The molecule has 16 heavy (non-hydrogen) atoms. The largest absolute Gasteiger partial charge is 0.382 e. The van der Waals surface area contributed by atoms with Crippen LogP contribution in [0.3, 0.4) is 0 Å². The molecule has 0 fully saturated rings. The minimum absolute atomic E-state index is 0.0369. The molecule has 1 aromatic rings. The third-order valence-corrected chi connectivity index (χ3v) is 2.91. The zero-order chi connectivity index (χ0) is 12.5. The van der Waals surface area contributed by atoms with E-state index in [9.17, 15) is 4.79 Å². The van der Waals surface area contributed by atoms with Crippen molar-refractivity contribution in [1.82, 2.24) is 4.90 Å². The van der Waals surface area contributed by atoms with E-state index < -0.39 is 0 Å². The molecular formula is C12H20N2OS. The minimum atomic E-state index is -0.125. The van der Waals surface area contributed by atoms with Crippen LogP contribution < -0.4 is 10.7 Å². The fraction of sp³-hybridized carbons (Fsp3) is 0.667. The quantitative estimate of drug-likeness (QED) is 0.815. The van der Waals surface area contributed by atoms with Gasteiger partial charge >= 0.3 is 0 Å². The number of rotatable bonds is 4. The molecule has 0 aromatic heterocycles. The SMILES string of the molecule is CN(C)CCNc1c(C(C)(C)C)c(=O)c1=S. The number of likely N-dealkylation sites (N-methyl/N-ethyl adjacent to an activating group) is 1. The van der Waals surface area contributed by atoms with Crippen molar-refractivity contribution in [1.29, 1.82) is 0 Å². The zero-order valence-electron chi connectivity index (χ0n) is 10.7. The third-order valence-electron chi connectivity index (χ3n) is 2.52. The molecular weight excluding hydrogens is 220 g/mol. The van der Waals surface area contributed by atoms with Gasteiger partial charge in [-0.2, -0.15) is 0 Å². The van der Waals surface area contributed by atoms with Crippen molar-refractivity contribution in [3.63, 3.8) is 0 Å². The van der Waals surface area contributed by atoms with E-state index in [0.717, 1.165) is 24.3 Å². The topological polar surface area (TPSA) is 32.3 Å². The van der Waals surface area contributed by atoms with Gasteiger partial charge in [-0.3, -0.25) is 4.79 Å². The predicted molar refractivity (Wildman–Crippen MR) is 71.7 cm³/mol. The molecule has 1 N–H and O–H groups in total. The number of nitrogens with one attached hydrogen (secondary N) is 1. The zero-order valence-corrected chi connectivity index (χ0v) is 11.5. The summed E-state index contributed by atoms with van der Waals surface area (Å²) in [7, 11) is 4.04. The molecule has 0 aliphatic heterocycles. The molecule has 90 valence electrons. The van der Waals surface area contributed by atoms with Crippen molar-refractivity contribution in [2.24, 2.45) is 0 Å². The Kier molecular flexibility index (Phi) is 3.86. The normalized spacial score (nSPS) is 12.4. The molecule has 1 rings (SSSR count). The Hall–Kier alpha value is -0.740. The Morgan fingerprint density at radius 3 is 2.31 bits per heavy atom. The van der Waals surface area contributed by atoms with Crippen LogP contribution in [0.25, 0.3) is 0 Å². The number of nitrogens with zero attached hydrogens (tertiary/aromatic N) is 1. The molecule has 0 unspecified atom stereocenters. The van der Waals surface area contributed by atoms with Crippen LogP contribution in [0.5, 0.6) is 0 Å². The van der Waals surface area contributed by atoms with Gasteiger partial charge in [0.15, 0.2) is 0 Å². The molecule has 0 aliphatic rings. The lowest BCUT2D eigenvalue weighted by Crippen LogP contribution is -2.32. The van der Waals surface area contributed by atoms with Gasteiger partial charge in [0.2, 0.25) is 5.43 Å². The van der Waals surface area contributed by atoms with Crippen molar-refractivity contribution in [3.05, 3.63) is 20.3 Å². The second-order valence-electron chi connectivity index (χ2n) is 5.39. The van der Waals surface area contributed by atoms with Crippen LogP contribution in [-0.2, 0) is 5.41 Å². The summed E-state index contributed by atoms with van der Waals surface area (Å²) < 4.78 is 0.462. The summed E-state index contributed by atoms with van der Waals surface area (Å²) in [6.07, 6.45) is 0. The van der Waals surface area contributed by atoms with Crippen LogP contribution in [0.2, 0.25) is 0 Å². The van der Waals surface area contributed by atoms with E-state index in [0.29, 0.717) is 4.51 Å². The van der Waals surface area contributed by atoms with E-state index in [1.165, 1.54) is 0 Å². The molecule has 0 saturated heterocycles. The van der Waals surface area contributed by atoms with E-state index >= 15 is 0 Å². The summed E-state index contributed by atoms with van der Waals surface area (Å²) in [5.41, 5.74) is 1.64. The molecule has 4 heteroatoms. The van der Waals surface area contributed by atoms with E-state index in [2.05, 4.69) is 10.2 Å². The summed E-state index contributed by atoms with van der Waals surface area (Å²) in [6, 6.07) is 0. The van der Waals surface area contributed by atoms with E-state index in [1.54, 1.807) is 0 Å². The molecule has 0 aliphatic carbocycles. The van der Waals surface area contributed by atoms with Gasteiger partial charge in [-0.1, -0.05) is 33.0 Å². The van der Waals surface area contributed by atoms with Crippen LogP contribution in [0.1, 0.15) is 26.3 Å². The Labute approximate surface area is 102 Å². The van der Waals surface area contributed by atoms with E-state index in [4.69, 9.17) is 12.2 Å². The third kappa shape index (κ3) is 2.68. The van der Waals surface area contributed by atoms with Gasteiger partial charge < -0.3 is 10.2 Å². The van der Waals surface area contributed by atoms with Crippen molar-refractivity contribution in [3.8, 4) is 0 Å². The van der Waals surface area contributed by atoms with Crippen LogP contribution >= 0.6 is 12.2 Å². The molecule has 0 radical (unpaired) electrons. The van der Waals surface area contributed by atoms with E-state index in [-0.39, 0.29) is 10.8 Å². The van der Waals surface area contributed by atoms with Gasteiger partial charge in [0.05, 0.1) is 5.69 Å². The number of hydrogen-bond donors (Lipinski definition) is 1. The van der Waals surface area contributed by atoms with Gasteiger partial charge in [-0.15, -0.1) is 0 Å². The van der Waals surface area contributed by atoms with Gasteiger partial charge in [-0.05, 0) is 19.5 Å². The van der Waals surface area contributed by atoms with Crippen molar-refractivity contribution in [2.45, 2.75) is 26.2 Å². The Morgan fingerprint density at radius 2 is 1.88 bits per heavy atom. The van der Waals surface area contributed by atoms with Crippen molar-refractivity contribution in [2.75, 3.05) is 32.5 Å². The van der Waals surface area contributed by atoms with Crippen LogP contribution in [0.4, 0.5) is 5.69 Å². The lowest BCUT2D eigenvalue weighted by molar-refractivity contribution is 0.425. The maximum absolute atomic E-state index is 11.7. The molecule has 0 heterocycles. The first kappa shape index (κ1) is 13.3. The Morgan fingerprint density at radius 1 is 1.31 bits per heavy atom. The number of anilines is 1. The van der Waals surface area contributed by atoms with Crippen molar-refractivity contribution < 1.29 is 0 Å². The second kappa shape index (κ2) is 4.63. The highest BCUT2D eigenvalue weighted by Gasteiger charge is 2.27.